The molecule has 0 saturated heterocycles. The molecule has 3 heterocycles. The van der Waals surface area contributed by atoms with Crippen LogP contribution in [0.1, 0.15) is 0 Å². The third-order valence-corrected chi connectivity index (χ3v) is 13.0. The lowest BCUT2D eigenvalue weighted by Crippen LogP contribution is -2.01. The lowest BCUT2D eigenvalue weighted by Gasteiger charge is -2.16. The third-order valence-electron chi connectivity index (χ3n) is 13.0. The fourth-order valence-electron chi connectivity index (χ4n) is 9.81. The monoisotopic (exact) mass is 868 g/mol. The minimum Gasteiger partial charge on any atom is -0.456 e. The molecule has 0 amide bonds. The van der Waals surface area contributed by atoms with Gasteiger partial charge in [0.2, 0.25) is 0 Å². The number of aromatic nitrogens is 4. The molecule has 0 aliphatic carbocycles. The van der Waals surface area contributed by atoms with Crippen LogP contribution in [0, 0.1) is 0 Å². The Morgan fingerprint density at radius 1 is 0.294 bits per heavy atom. The van der Waals surface area contributed by atoms with Crippen LogP contribution < -0.4 is 0 Å². The van der Waals surface area contributed by atoms with E-state index in [0.717, 1.165) is 99.9 Å². The van der Waals surface area contributed by atoms with E-state index >= 15 is 0 Å². The van der Waals surface area contributed by atoms with Crippen molar-refractivity contribution in [2.24, 2.45) is 0 Å². The molecule has 3 aromatic heterocycles. The Morgan fingerprint density at radius 3 is 1.41 bits per heavy atom. The Balaban J connectivity index is 1.08. The van der Waals surface area contributed by atoms with E-state index in [4.69, 9.17) is 19.4 Å². The average Bonchev–Trinajstić information content (AvgIpc) is 3.97. The number of benzene rings is 10. The molecule has 0 radical (unpaired) electrons. The molecular formula is C63H40N4O. The molecule has 13 aromatic rings. The Hall–Kier alpha value is -9.19. The van der Waals surface area contributed by atoms with Crippen molar-refractivity contribution >= 4 is 43.7 Å². The molecule has 5 heteroatoms. The molecule has 0 N–H and O–H groups in total. The maximum absolute atomic E-state index is 6.71. The van der Waals surface area contributed by atoms with Gasteiger partial charge in [0, 0.05) is 38.5 Å². The van der Waals surface area contributed by atoms with Gasteiger partial charge in [0.1, 0.15) is 11.2 Å². The van der Waals surface area contributed by atoms with Crippen molar-refractivity contribution in [2.75, 3.05) is 0 Å². The summed E-state index contributed by atoms with van der Waals surface area (Å²) in [4.78, 5) is 15.7. The third kappa shape index (κ3) is 6.84. The molecule has 13 rings (SSSR count). The van der Waals surface area contributed by atoms with E-state index in [9.17, 15) is 0 Å². The highest BCUT2D eigenvalue weighted by Gasteiger charge is 2.22. The standard InChI is InChI=1S/C63H40N4O/c1-6-18-41(19-7-1)47-36-48(42-20-8-2-9-21-42)38-49(37-47)45-30-32-51(54(39-45)63-65-61(43-22-10-3-11-23-43)64-62(66-63)44-24-12-4-13-25-44)46-31-34-57-55(40-46)59-58(68-57)35-33-53-52-28-16-17-29-56(52)67(60(53)59)50-26-14-5-15-27-50/h1-40H. The zero-order valence-electron chi connectivity index (χ0n) is 36.8. The molecule has 10 aromatic carbocycles. The van der Waals surface area contributed by atoms with Gasteiger partial charge in [-0.2, -0.15) is 0 Å². The summed E-state index contributed by atoms with van der Waals surface area (Å²) in [5.41, 5.74) is 16.5. The first kappa shape index (κ1) is 39.2. The lowest BCUT2D eigenvalue weighted by molar-refractivity contribution is 0.669. The number of para-hydroxylation sites is 2. The first-order chi connectivity index (χ1) is 33.7. The quantitative estimate of drug-likeness (QED) is 0.153. The molecule has 0 atom stereocenters. The van der Waals surface area contributed by atoms with Crippen LogP contribution in [-0.2, 0) is 0 Å². The fourth-order valence-corrected chi connectivity index (χ4v) is 9.81. The molecule has 0 bridgehead atoms. The van der Waals surface area contributed by atoms with Crippen LogP contribution in [0.2, 0.25) is 0 Å². The number of hydrogen-bond acceptors (Lipinski definition) is 4. The van der Waals surface area contributed by atoms with E-state index in [-0.39, 0.29) is 0 Å². The minimum atomic E-state index is 0.584. The van der Waals surface area contributed by atoms with Gasteiger partial charge in [-0.25, -0.2) is 15.0 Å². The predicted octanol–water partition coefficient (Wildman–Crippen LogP) is 16.5. The van der Waals surface area contributed by atoms with E-state index in [1.807, 2.05) is 36.4 Å². The van der Waals surface area contributed by atoms with Gasteiger partial charge in [0.15, 0.2) is 17.5 Å². The first-order valence-corrected chi connectivity index (χ1v) is 22.9. The number of rotatable bonds is 8. The largest absolute Gasteiger partial charge is 0.456 e. The predicted molar refractivity (Wildman–Crippen MR) is 279 cm³/mol. The normalized spacial score (nSPS) is 11.5. The molecule has 0 aliphatic rings. The van der Waals surface area contributed by atoms with Crippen LogP contribution in [0.25, 0.3) is 128 Å². The zero-order valence-corrected chi connectivity index (χ0v) is 36.8. The van der Waals surface area contributed by atoms with Gasteiger partial charge in [0.05, 0.1) is 16.4 Å². The summed E-state index contributed by atoms with van der Waals surface area (Å²) < 4.78 is 9.09. The first-order valence-electron chi connectivity index (χ1n) is 22.9. The Bertz CT molecular complexity index is 3880. The molecule has 68 heavy (non-hydrogen) atoms. The van der Waals surface area contributed by atoms with Crippen molar-refractivity contribution in [2.45, 2.75) is 0 Å². The molecule has 0 saturated carbocycles. The zero-order chi connectivity index (χ0) is 45.0. The maximum Gasteiger partial charge on any atom is 0.164 e. The van der Waals surface area contributed by atoms with Crippen LogP contribution in [0.5, 0.6) is 0 Å². The molecular weight excluding hydrogens is 829 g/mol. The number of nitrogens with zero attached hydrogens (tertiary/aromatic N) is 4. The van der Waals surface area contributed by atoms with Crippen molar-refractivity contribution in [3.05, 3.63) is 243 Å². The highest BCUT2D eigenvalue weighted by Crippen LogP contribution is 2.44. The Labute approximate surface area is 392 Å². The number of fused-ring (bicyclic) bond motifs is 7. The van der Waals surface area contributed by atoms with Crippen LogP contribution in [0.15, 0.2) is 247 Å². The van der Waals surface area contributed by atoms with Crippen molar-refractivity contribution in [3.63, 3.8) is 0 Å². The molecule has 318 valence electrons. The van der Waals surface area contributed by atoms with Gasteiger partial charge >= 0.3 is 0 Å². The highest BCUT2D eigenvalue weighted by molar-refractivity contribution is 6.25. The second-order valence-electron chi connectivity index (χ2n) is 17.2. The lowest BCUT2D eigenvalue weighted by atomic mass is 9.90. The molecule has 0 spiro atoms. The van der Waals surface area contributed by atoms with Gasteiger partial charge in [-0.15, -0.1) is 0 Å². The van der Waals surface area contributed by atoms with Gasteiger partial charge in [-0.1, -0.05) is 176 Å². The second kappa shape index (κ2) is 16.4. The van der Waals surface area contributed by atoms with E-state index in [2.05, 4.69) is 211 Å². The topological polar surface area (TPSA) is 56.7 Å². The van der Waals surface area contributed by atoms with Crippen molar-refractivity contribution in [3.8, 4) is 84.4 Å². The summed E-state index contributed by atoms with van der Waals surface area (Å²) in [6, 6.07) is 85.3. The summed E-state index contributed by atoms with van der Waals surface area (Å²) in [6.45, 7) is 0. The summed E-state index contributed by atoms with van der Waals surface area (Å²) in [5, 5.41) is 4.48. The average molecular weight is 869 g/mol. The molecule has 0 fully saturated rings. The SMILES string of the molecule is c1ccc(-c2cc(-c3ccccc3)cc(-c3ccc(-c4ccc5oc6ccc7c8ccccc8n(-c8ccccc8)c7c6c5c4)c(-c4nc(-c5ccccc5)nc(-c5ccccc5)n4)c3)c2)cc1. The van der Waals surface area contributed by atoms with Crippen molar-refractivity contribution in [1.29, 1.82) is 0 Å². The number of furan rings is 1. The molecule has 0 aliphatic heterocycles. The van der Waals surface area contributed by atoms with Crippen LogP contribution in [-0.4, -0.2) is 19.5 Å². The van der Waals surface area contributed by atoms with Crippen LogP contribution in [0.3, 0.4) is 0 Å². The molecule has 5 nitrogen and oxygen atoms in total. The summed E-state index contributed by atoms with van der Waals surface area (Å²) in [5.74, 6) is 1.80. The van der Waals surface area contributed by atoms with Gasteiger partial charge in [-0.05, 0) is 111 Å². The van der Waals surface area contributed by atoms with E-state index in [1.165, 1.54) is 10.8 Å². The molecule has 0 unspecified atom stereocenters. The van der Waals surface area contributed by atoms with Crippen LogP contribution in [0.4, 0.5) is 0 Å². The number of hydrogen-bond donors (Lipinski definition) is 0. The Kier molecular flexibility index (Phi) is 9.43. The smallest absolute Gasteiger partial charge is 0.164 e. The van der Waals surface area contributed by atoms with Crippen molar-refractivity contribution < 1.29 is 4.42 Å². The van der Waals surface area contributed by atoms with Crippen LogP contribution >= 0.6 is 0 Å². The Morgan fingerprint density at radius 2 is 0.794 bits per heavy atom. The summed E-state index contributed by atoms with van der Waals surface area (Å²) in [6.07, 6.45) is 0. The summed E-state index contributed by atoms with van der Waals surface area (Å²) in [7, 11) is 0. The van der Waals surface area contributed by atoms with Gasteiger partial charge in [0.25, 0.3) is 0 Å². The van der Waals surface area contributed by atoms with Gasteiger partial charge < -0.3 is 8.98 Å². The van der Waals surface area contributed by atoms with E-state index in [1.54, 1.807) is 0 Å². The second-order valence-corrected chi connectivity index (χ2v) is 17.2. The van der Waals surface area contributed by atoms with E-state index in [0.29, 0.717) is 17.5 Å². The van der Waals surface area contributed by atoms with Crippen molar-refractivity contribution in [1.82, 2.24) is 19.5 Å². The fraction of sp³-hybridized carbons (Fsp3) is 0. The minimum absolute atomic E-state index is 0.584. The summed E-state index contributed by atoms with van der Waals surface area (Å²) >= 11 is 0. The van der Waals surface area contributed by atoms with Gasteiger partial charge in [-0.3, -0.25) is 0 Å². The highest BCUT2D eigenvalue weighted by atomic mass is 16.3. The maximum atomic E-state index is 6.71. The van der Waals surface area contributed by atoms with E-state index < -0.39 is 0 Å².